The van der Waals surface area contributed by atoms with Crippen LogP contribution in [0, 0.1) is 0 Å². The van der Waals surface area contributed by atoms with Gasteiger partial charge in [0.15, 0.2) is 0 Å². The van der Waals surface area contributed by atoms with Crippen LogP contribution in [-0.4, -0.2) is 17.9 Å². The van der Waals surface area contributed by atoms with Crippen LogP contribution in [0.4, 0.5) is 0 Å². The summed E-state index contributed by atoms with van der Waals surface area (Å²) in [6, 6.07) is 9.39. The summed E-state index contributed by atoms with van der Waals surface area (Å²) >= 11 is 0. The predicted octanol–water partition coefficient (Wildman–Crippen LogP) is 1.93. The molecule has 1 amide bonds. The number of rotatable bonds is 3. The molecule has 15 heavy (non-hydrogen) atoms. The van der Waals surface area contributed by atoms with Crippen molar-refractivity contribution in [2.45, 2.75) is 0 Å². The van der Waals surface area contributed by atoms with Crippen LogP contribution in [0.2, 0.25) is 0 Å². The van der Waals surface area contributed by atoms with E-state index in [1.54, 1.807) is 6.08 Å². The second-order valence-electron chi connectivity index (χ2n) is 3.11. The molecular weight excluding hydrogens is 190 g/mol. The van der Waals surface area contributed by atoms with Crippen LogP contribution >= 0.6 is 0 Å². The molecule has 0 spiro atoms. The number of carbonyl (C=O) groups is 1. The van der Waals surface area contributed by atoms with Crippen molar-refractivity contribution in [3.63, 3.8) is 0 Å². The van der Waals surface area contributed by atoms with Crippen LogP contribution in [0.1, 0.15) is 0 Å². The zero-order valence-electron chi connectivity index (χ0n) is 8.17. The molecule has 1 aromatic rings. The number of amides is 1. The molecule has 0 fully saturated rings. The van der Waals surface area contributed by atoms with Crippen LogP contribution in [0.5, 0.6) is 5.75 Å². The van der Waals surface area contributed by atoms with Gasteiger partial charge in [-0.05, 0) is 18.2 Å². The molecule has 3 heteroatoms. The topological polar surface area (TPSA) is 29.5 Å². The van der Waals surface area contributed by atoms with Gasteiger partial charge in [0, 0.05) is 6.54 Å². The Kier molecular flexibility index (Phi) is 2.83. The summed E-state index contributed by atoms with van der Waals surface area (Å²) < 4.78 is 5.56. The highest BCUT2D eigenvalue weighted by molar-refractivity contribution is 5.52. The highest BCUT2D eigenvalue weighted by atomic mass is 16.5. The number of allylic oxidation sites excluding steroid dienone is 2. The minimum Gasteiger partial charge on any atom is -0.441 e. The molecule has 0 saturated heterocycles. The first-order chi connectivity index (χ1) is 7.40. The third-order valence-corrected chi connectivity index (χ3v) is 2.05. The Morgan fingerprint density at radius 1 is 1.27 bits per heavy atom. The third-order valence-electron chi connectivity index (χ3n) is 2.05. The molecule has 1 aromatic carbocycles. The molecule has 0 aliphatic carbocycles. The summed E-state index contributed by atoms with van der Waals surface area (Å²) in [5, 5.41) is 0. The second-order valence-corrected chi connectivity index (χ2v) is 3.11. The molecule has 0 radical (unpaired) electrons. The summed E-state index contributed by atoms with van der Waals surface area (Å²) in [5.41, 5.74) is 0. The summed E-state index contributed by atoms with van der Waals surface area (Å²) in [6.45, 7) is 0.558. The Labute approximate surface area is 88.3 Å². The van der Waals surface area contributed by atoms with Crippen molar-refractivity contribution in [1.29, 1.82) is 0 Å². The first-order valence-corrected chi connectivity index (χ1v) is 4.72. The largest absolute Gasteiger partial charge is 0.441 e. The van der Waals surface area contributed by atoms with E-state index in [9.17, 15) is 4.79 Å². The maximum absolute atomic E-state index is 10.7. The second kappa shape index (κ2) is 4.46. The molecule has 1 heterocycles. The molecule has 0 atom stereocenters. The lowest BCUT2D eigenvalue weighted by atomic mass is 10.3. The molecule has 0 bridgehead atoms. The first kappa shape index (κ1) is 9.52. The van der Waals surface area contributed by atoms with E-state index in [2.05, 4.69) is 0 Å². The quantitative estimate of drug-likeness (QED) is 0.699. The lowest BCUT2D eigenvalue weighted by molar-refractivity contribution is -0.117. The van der Waals surface area contributed by atoms with Crippen molar-refractivity contribution >= 4 is 6.41 Å². The molecule has 0 N–H and O–H groups in total. The summed E-state index contributed by atoms with van der Waals surface area (Å²) in [7, 11) is 0. The lowest BCUT2D eigenvalue weighted by Crippen LogP contribution is -2.26. The Hall–Kier alpha value is -2.03. The highest BCUT2D eigenvalue weighted by Crippen LogP contribution is 2.16. The predicted molar refractivity (Wildman–Crippen MR) is 57.1 cm³/mol. The van der Waals surface area contributed by atoms with Gasteiger partial charge in [0.05, 0.1) is 0 Å². The van der Waals surface area contributed by atoms with Crippen LogP contribution in [-0.2, 0) is 4.79 Å². The average molecular weight is 201 g/mol. The summed E-state index contributed by atoms with van der Waals surface area (Å²) in [5.74, 6) is 1.28. The molecule has 3 nitrogen and oxygen atoms in total. The lowest BCUT2D eigenvalue weighted by Gasteiger charge is -2.21. The van der Waals surface area contributed by atoms with E-state index in [1.807, 2.05) is 42.5 Å². The summed E-state index contributed by atoms with van der Waals surface area (Å²) in [4.78, 5) is 12.2. The van der Waals surface area contributed by atoms with Gasteiger partial charge in [-0.25, -0.2) is 0 Å². The van der Waals surface area contributed by atoms with Gasteiger partial charge in [-0.15, -0.1) is 0 Å². The third kappa shape index (κ3) is 2.26. The molecule has 1 aliphatic heterocycles. The summed E-state index contributed by atoms with van der Waals surface area (Å²) in [6.07, 6.45) is 6.30. The van der Waals surface area contributed by atoms with Crippen molar-refractivity contribution in [3.05, 3.63) is 54.4 Å². The maximum atomic E-state index is 10.7. The van der Waals surface area contributed by atoms with Crippen LogP contribution in [0.3, 0.4) is 0 Å². The van der Waals surface area contributed by atoms with Crippen molar-refractivity contribution in [2.75, 3.05) is 6.54 Å². The Morgan fingerprint density at radius 2 is 2.07 bits per heavy atom. The fraction of sp³-hybridized carbons (Fsp3) is 0.0833. The molecule has 1 aliphatic rings. The fourth-order valence-corrected chi connectivity index (χ4v) is 1.31. The minimum absolute atomic E-state index is 0.554. The molecule has 0 aromatic heterocycles. The van der Waals surface area contributed by atoms with Gasteiger partial charge in [-0.2, -0.15) is 0 Å². The number of benzene rings is 1. The average Bonchev–Trinajstić information content (AvgIpc) is 2.31. The van der Waals surface area contributed by atoms with Gasteiger partial charge in [0.2, 0.25) is 12.3 Å². The van der Waals surface area contributed by atoms with E-state index in [4.69, 9.17) is 4.74 Å². The van der Waals surface area contributed by atoms with Crippen molar-refractivity contribution in [1.82, 2.24) is 4.90 Å². The van der Waals surface area contributed by atoms with Gasteiger partial charge in [-0.3, -0.25) is 9.69 Å². The zero-order valence-corrected chi connectivity index (χ0v) is 8.17. The smallest absolute Gasteiger partial charge is 0.216 e. The van der Waals surface area contributed by atoms with E-state index in [0.717, 1.165) is 12.2 Å². The maximum Gasteiger partial charge on any atom is 0.216 e. The minimum atomic E-state index is 0.554. The monoisotopic (exact) mass is 201 g/mol. The fourth-order valence-electron chi connectivity index (χ4n) is 1.31. The number of nitrogens with zero attached hydrogens (tertiary/aromatic N) is 1. The van der Waals surface area contributed by atoms with Crippen molar-refractivity contribution in [3.8, 4) is 5.75 Å². The number of para-hydroxylation sites is 1. The Morgan fingerprint density at radius 3 is 2.80 bits per heavy atom. The van der Waals surface area contributed by atoms with Crippen molar-refractivity contribution < 1.29 is 9.53 Å². The van der Waals surface area contributed by atoms with E-state index in [-0.39, 0.29) is 0 Å². The molecule has 2 rings (SSSR count). The molecule has 76 valence electrons. The van der Waals surface area contributed by atoms with Gasteiger partial charge in [-0.1, -0.05) is 30.4 Å². The van der Waals surface area contributed by atoms with Crippen LogP contribution in [0.25, 0.3) is 0 Å². The Balaban J connectivity index is 2.14. The van der Waals surface area contributed by atoms with Crippen LogP contribution in [0.15, 0.2) is 54.4 Å². The number of hydrogen-bond acceptors (Lipinski definition) is 2. The van der Waals surface area contributed by atoms with Crippen LogP contribution < -0.4 is 4.74 Å². The van der Waals surface area contributed by atoms with Gasteiger partial charge >= 0.3 is 0 Å². The first-order valence-electron chi connectivity index (χ1n) is 4.72. The number of ether oxygens (including phenoxy) is 1. The highest BCUT2D eigenvalue weighted by Gasteiger charge is 2.11. The molecule has 0 unspecified atom stereocenters. The van der Waals surface area contributed by atoms with E-state index in [1.165, 1.54) is 4.90 Å². The number of carbonyl (C=O) groups excluding carboxylic acids is 1. The molecule has 0 saturated carbocycles. The van der Waals surface area contributed by atoms with Gasteiger partial charge < -0.3 is 4.74 Å². The standard InChI is InChI=1S/C12H11NO2/c14-10-13-9-5-4-8-12(13)15-11-6-2-1-3-7-11/h1-8,10H,9H2. The SMILES string of the molecule is O=CN1CC=CC=C1Oc1ccccc1. The molecular formula is C12H11NO2. The van der Waals surface area contributed by atoms with E-state index < -0.39 is 0 Å². The van der Waals surface area contributed by atoms with Crippen molar-refractivity contribution in [2.24, 2.45) is 0 Å². The van der Waals surface area contributed by atoms with Gasteiger partial charge in [0.1, 0.15) is 5.75 Å². The zero-order chi connectivity index (χ0) is 10.5. The van der Waals surface area contributed by atoms with Gasteiger partial charge in [0.25, 0.3) is 0 Å². The number of hydrogen-bond donors (Lipinski definition) is 0. The van der Waals surface area contributed by atoms with E-state index >= 15 is 0 Å². The normalized spacial score (nSPS) is 14.7. The Bertz CT molecular complexity index is 395. The van der Waals surface area contributed by atoms with E-state index in [0.29, 0.717) is 12.4 Å².